The molecule has 3 N–H and O–H groups in total. The molecule has 0 spiro atoms. The summed E-state index contributed by atoms with van der Waals surface area (Å²) in [5.41, 5.74) is 6.62. The predicted molar refractivity (Wildman–Crippen MR) is 73.0 cm³/mol. The Bertz CT molecular complexity index is 611. The van der Waals surface area contributed by atoms with Crippen LogP contribution in [0, 0.1) is 10.1 Å². The van der Waals surface area contributed by atoms with Crippen LogP contribution in [-0.4, -0.2) is 10.8 Å². The summed E-state index contributed by atoms with van der Waals surface area (Å²) in [4.78, 5) is 21.9. The van der Waals surface area contributed by atoms with Gasteiger partial charge in [0.05, 0.1) is 4.92 Å². The van der Waals surface area contributed by atoms with E-state index in [1.54, 1.807) is 11.3 Å². The summed E-state index contributed by atoms with van der Waals surface area (Å²) >= 11 is 1.55. The Morgan fingerprint density at radius 3 is 2.79 bits per heavy atom. The van der Waals surface area contributed by atoms with Gasteiger partial charge in [-0.1, -0.05) is 0 Å². The number of rotatable bonds is 4. The first kappa shape index (κ1) is 13.0. The monoisotopic (exact) mass is 277 g/mol. The van der Waals surface area contributed by atoms with E-state index in [-0.39, 0.29) is 17.3 Å². The van der Waals surface area contributed by atoms with Gasteiger partial charge < -0.3 is 11.1 Å². The Balaban J connectivity index is 2.07. The largest absolute Gasteiger partial charge is 0.393 e. The summed E-state index contributed by atoms with van der Waals surface area (Å²) in [5.74, 6) is -0.312. The fourth-order valence-corrected chi connectivity index (χ4v) is 2.21. The molecule has 0 saturated heterocycles. The highest BCUT2D eigenvalue weighted by Crippen LogP contribution is 2.22. The normalized spacial score (nSPS) is 10.1. The number of nitrogen functional groups attached to an aromatic ring is 1. The number of benzene rings is 1. The average molecular weight is 277 g/mol. The molecule has 1 amide bonds. The zero-order chi connectivity index (χ0) is 13.8. The van der Waals surface area contributed by atoms with Crippen molar-refractivity contribution in [1.29, 1.82) is 0 Å². The number of nitrogens with zero attached hydrogens (tertiary/aromatic N) is 1. The number of carbonyl (C=O) groups excluding carboxylic acids is 1. The van der Waals surface area contributed by atoms with E-state index in [1.165, 1.54) is 18.2 Å². The molecule has 0 aliphatic heterocycles. The maximum Gasteiger partial charge on any atom is 0.292 e. The van der Waals surface area contributed by atoms with E-state index in [2.05, 4.69) is 5.32 Å². The van der Waals surface area contributed by atoms with Crippen LogP contribution in [-0.2, 0) is 6.54 Å². The Labute approximate surface area is 113 Å². The van der Waals surface area contributed by atoms with Crippen molar-refractivity contribution in [2.24, 2.45) is 0 Å². The third-order valence-electron chi connectivity index (χ3n) is 2.52. The highest BCUT2D eigenvalue weighted by atomic mass is 32.1. The molecule has 0 atom stereocenters. The van der Waals surface area contributed by atoms with Crippen LogP contribution in [0.2, 0.25) is 0 Å². The van der Waals surface area contributed by atoms with Gasteiger partial charge in [-0.25, -0.2) is 0 Å². The second-order valence-electron chi connectivity index (χ2n) is 3.84. The van der Waals surface area contributed by atoms with E-state index in [1.807, 2.05) is 16.8 Å². The minimum absolute atomic E-state index is 0.0202. The minimum atomic E-state index is -0.581. The molecule has 0 aliphatic carbocycles. The lowest BCUT2D eigenvalue weighted by molar-refractivity contribution is -0.383. The molecule has 1 heterocycles. The Morgan fingerprint density at radius 2 is 2.21 bits per heavy atom. The smallest absolute Gasteiger partial charge is 0.292 e. The van der Waals surface area contributed by atoms with Gasteiger partial charge in [-0.15, -0.1) is 0 Å². The molecule has 0 fully saturated rings. The van der Waals surface area contributed by atoms with Gasteiger partial charge in [0.1, 0.15) is 5.69 Å². The molecule has 98 valence electrons. The van der Waals surface area contributed by atoms with Gasteiger partial charge in [0.2, 0.25) is 0 Å². The van der Waals surface area contributed by atoms with Crippen molar-refractivity contribution >= 4 is 28.6 Å². The molecule has 2 rings (SSSR count). The standard InChI is InChI=1S/C12H11N3O3S/c13-10-5-9(1-2-11(10)15(17)18)12(16)14-6-8-3-4-19-7-8/h1-5,7H,6,13H2,(H,14,16). The molecule has 0 radical (unpaired) electrons. The molecule has 0 bridgehead atoms. The first-order valence-corrected chi connectivity index (χ1v) is 6.35. The van der Waals surface area contributed by atoms with Crippen LogP contribution in [0.15, 0.2) is 35.0 Å². The van der Waals surface area contributed by atoms with E-state index in [9.17, 15) is 14.9 Å². The number of nitrogens with two attached hydrogens (primary N) is 1. The van der Waals surface area contributed by atoms with Gasteiger partial charge in [0.15, 0.2) is 0 Å². The van der Waals surface area contributed by atoms with Crippen molar-refractivity contribution in [3.8, 4) is 0 Å². The quantitative estimate of drug-likeness (QED) is 0.508. The van der Waals surface area contributed by atoms with Crippen LogP contribution >= 0.6 is 11.3 Å². The highest BCUT2D eigenvalue weighted by molar-refractivity contribution is 7.07. The lowest BCUT2D eigenvalue weighted by atomic mass is 10.1. The number of carbonyl (C=O) groups is 1. The lowest BCUT2D eigenvalue weighted by Crippen LogP contribution is -2.22. The van der Waals surface area contributed by atoms with Crippen molar-refractivity contribution in [2.75, 3.05) is 5.73 Å². The number of hydrogen-bond donors (Lipinski definition) is 2. The fraction of sp³-hybridized carbons (Fsp3) is 0.0833. The number of nitro benzene ring substituents is 1. The Morgan fingerprint density at radius 1 is 1.42 bits per heavy atom. The second kappa shape index (κ2) is 5.49. The van der Waals surface area contributed by atoms with Gasteiger partial charge >= 0.3 is 0 Å². The van der Waals surface area contributed by atoms with E-state index in [0.717, 1.165) is 5.56 Å². The number of amides is 1. The molecular formula is C12H11N3O3S. The molecule has 0 saturated carbocycles. The Hall–Kier alpha value is -2.41. The van der Waals surface area contributed by atoms with E-state index >= 15 is 0 Å². The Kier molecular flexibility index (Phi) is 3.76. The second-order valence-corrected chi connectivity index (χ2v) is 4.63. The highest BCUT2D eigenvalue weighted by Gasteiger charge is 2.14. The van der Waals surface area contributed by atoms with Crippen molar-refractivity contribution in [3.05, 3.63) is 56.3 Å². The maximum absolute atomic E-state index is 11.8. The van der Waals surface area contributed by atoms with Crippen molar-refractivity contribution < 1.29 is 9.72 Å². The summed E-state index contributed by atoms with van der Waals surface area (Å²) < 4.78 is 0. The van der Waals surface area contributed by atoms with Crippen LogP contribution in [0.5, 0.6) is 0 Å². The van der Waals surface area contributed by atoms with E-state index in [4.69, 9.17) is 5.73 Å². The number of nitrogens with one attached hydrogen (secondary N) is 1. The van der Waals surface area contributed by atoms with Crippen LogP contribution in [0.25, 0.3) is 0 Å². The number of nitro groups is 1. The lowest BCUT2D eigenvalue weighted by Gasteiger charge is -2.05. The van der Waals surface area contributed by atoms with Gasteiger partial charge in [-0.3, -0.25) is 14.9 Å². The molecule has 7 heteroatoms. The van der Waals surface area contributed by atoms with Crippen LogP contribution in [0.4, 0.5) is 11.4 Å². The van der Waals surface area contributed by atoms with Crippen molar-refractivity contribution in [3.63, 3.8) is 0 Å². The summed E-state index contributed by atoms with van der Waals surface area (Å²) in [6, 6.07) is 5.84. The molecule has 2 aromatic rings. The molecular weight excluding hydrogens is 266 g/mol. The van der Waals surface area contributed by atoms with E-state index < -0.39 is 4.92 Å². The summed E-state index contributed by atoms with van der Waals surface area (Å²) in [6.07, 6.45) is 0. The van der Waals surface area contributed by atoms with Gasteiger partial charge in [-0.05, 0) is 34.5 Å². The third-order valence-corrected chi connectivity index (χ3v) is 3.25. The maximum atomic E-state index is 11.8. The first-order valence-electron chi connectivity index (χ1n) is 5.41. The molecule has 0 aliphatic rings. The molecule has 6 nitrogen and oxygen atoms in total. The molecule has 0 unspecified atom stereocenters. The van der Waals surface area contributed by atoms with Gasteiger partial charge in [0.25, 0.3) is 11.6 Å². The minimum Gasteiger partial charge on any atom is -0.393 e. The zero-order valence-corrected chi connectivity index (χ0v) is 10.6. The summed E-state index contributed by atoms with van der Waals surface area (Å²) in [7, 11) is 0. The fourth-order valence-electron chi connectivity index (χ4n) is 1.54. The summed E-state index contributed by atoms with van der Waals surface area (Å²) in [6.45, 7) is 0.416. The van der Waals surface area contributed by atoms with Crippen LogP contribution < -0.4 is 11.1 Å². The van der Waals surface area contributed by atoms with Crippen LogP contribution in [0.1, 0.15) is 15.9 Å². The number of hydrogen-bond acceptors (Lipinski definition) is 5. The topological polar surface area (TPSA) is 98.3 Å². The van der Waals surface area contributed by atoms with Gasteiger partial charge in [0, 0.05) is 18.2 Å². The number of anilines is 1. The molecule has 19 heavy (non-hydrogen) atoms. The first-order chi connectivity index (χ1) is 9.08. The number of thiophene rings is 1. The van der Waals surface area contributed by atoms with Gasteiger partial charge in [-0.2, -0.15) is 11.3 Å². The SMILES string of the molecule is Nc1cc(C(=O)NCc2ccsc2)ccc1[N+](=O)[O-]. The molecule has 1 aromatic carbocycles. The summed E-state index contributed by atoms with van der Waals surface area (Å²) in [5, 5.41) is 17.2. The van der Waals surface area contributed by atoms with Crippen molar-refractivity contribution in [1.82, 2.24) is 5.32 Å². The molecule has 1 aromatic heterocycles. The van der Waals surface area contributed by atoms with Crippen molar-refractivity contribution in [2.45, 2.75) is 6.54 Å². The predicted octanol–water partition coefficient (Wildman–Crippen LogP) is 2.17. The van der Waals surface area contributed by atoms with Crippen LogP contribution in [0.3, 0.4) is 0 Å². The van der Waals surface area contributed by atoms with E-state index in [0.29, 0.717) is 12.1 Å². The average Bonchev–Trinajstić information content (AvgIpc) is 2.88. The third kappa shape index (κ3) is 3.08. The zero-order valence-electron chi connectivity index (χ0n) is 9.83.